The van der Waals surface area contributed by atoms with E-state index in [0.29, 0.717) is 5.56 Å². The molecule has 0 bridgehead atoms. The number of methoxy groups -OCH3 is 1. The number of carbonyl (C=O) groups is 1. The van der Waals surface area contributed by atoms with Crippen molar-refractivity contribution in [3.8, 4) is 5.75 Å². The van der Waals surface area contributed by atoms with Gasteiger partial charge < -0.3 is 10.1 Å². The number of ether oxygens (including phenoxy) is 1. The SMILES string of the molecule is COc1ccc(CC(=O)Nc2cccc(SC)c2)cc1F. The molecule has 1 N–H and O–H groups in total. The van der Waals surface area contributed by atoms with Crippen molar-refractivity contribution in [2.24, 2.45) is 0 Å². The lowest BCUT2D eigenvalue weighted by Gasteiger charge is -2.08. The van der Waals surface area contributed by atoms with Crippen LogP contribution in [-0.4, -0.2) is 19.3 Å². The molecule has 0 heterocycles. The van der Waals surface area contributed by atoms with Crippen LogP contribution in [0.5, 0.6) is 5.75 Å². The Kier molecular flexibility index (Phi) is 5.22. The fourth-order valence-corrected chi connectivity index (χ4v) is 2.37. The Balaban J connectivity index is 2.02. The van der Waals surface area contributed by atoms with Gasteiger partial charge in [0.2, 0.25) is 5.91 Å². The van der Waals surface area contributed by atoms with Gasteiger partial charge in [0.15, 0.2) is 11.6 Å². The van der Waals surface area contributed by atoms with Gasteiger partial charge in [0.05, 0.1) is 13.5 Å². The molecular formula is C16H16FNO2S. The van der Waals surface area contributed by atoms with E-state index in [4.69, 9.17) is 4.74 Å². The first-order valence-electron chi connectivity index (χ1n) is 6.38. The highest BCUT2D eigenvalue weighted by molar-refractivity contribution is 7.98. The molecule has 0 atom stereocenters. The highest BCUT2D eigenvalue weighted by Crippen LogP contribution is 2.20. The van der Waals surface area contributed by atoms with Crippen LogP contribution in [0.3, 0.4) is 0 Å². The molecule has 0 radical (unpaired) electrons. The Morgan fingerprint density at radius 1 is 1.29 bits per heavy atom. The summed E-state index contributed by atoms with van der Waals surface area (Å²) in [6, 6.07) is 12.1. The van der Waals surface area contributed by atoms with Gasteiger partial charge in [-0.05, 0) is 42.2 Å². The van der Waals surface area contributed by atoms with E-state index in [0.717, 1.165) is 10.6 Å². The molecule has 0 saturated carbocycles. The van der Waals surface area contributed by atoms with Crippen LogP contribution >= 0.6 is 11.8 Å². The molecule has 5 heteroatoms. The molecule has 0 fully saturated rings. The van der Waals surface area contributed by atoms with Crippen LogP contribution < -0.4 is 10.1 Å². The number of anilines is 1. The lowest BCUT2D eigenvalue weighted by atomic mass is 10.1. The summed E-state index contributed by atoms with van der Waals surface area (Å²) >= 11 is 1.61. The number of hydrogen-bond acceptors (Lipinski definition) is 3. The van der Waals surface area contributed by atoms with E-state index in [2.05, 4.69) is 5.32 Å². The predicted octanol–water partition coefficient (Wildman–Crippen LogP) is 3.74. The van der Waals surface area contributed by atoms with Gasteiger partial charge in [-0.25, -0.2) is 4.39 Å². The number of hydrogen-bond donors (Lipinski definition) is 1. The number of carbonyl (C=O) groups excluding carboxylic acids is 1. The van der Waals surface area contributed by atoms with Gasteiger partial charge in [-0.1, -0.05) is 12.1 Å². The van der Waals surface area contributed by atoms with Gasteiger partial charge in [-0.15, -0.1) is 11.8 Å². The average molecular weight is 305 g/mol. The van der Waals surface area contributed by atoms with Crippen LogP contribution in [0.4, 0.5) is 10.1 Å². The number of nitrogens with one attached hydrogen (secondary N) is 1. The molecule has 21 heavy (non-hydrogen) atoms. The molecule has 0 aliphatic heterocycles. The second-order valence-electron chi connectivity index (χ2n) is 4.43. The molecule has 2 aromatic rings. The van der Waals surface area contributed by atoms with E-state index in [1.165, 1.54) is 19.2 Å². The smallest absolute Gasteiger partial charge is 0.228 e. The minimum atomic E-state index is -0.466. The van der Waals surface area contributed by atoms with Gasteiger partial charge in [-0.2, -0.15) is 0 Å². The lowest BCUT2D eigenvalue weighted by molar-refractivity contribution is -0.115. The maximum atomic E-state index is 13.6. The summed E-state index contributed by atoms with van der Waals surface area (Å²) in [7, 11) is 1.41. The summed E-state index contributed by atoms with van der Waals surface area (Å²) < 4.78 is 18.4. The molecule has 0 aromatic heterocycles. The Labute approximate surface area is 127 Å². The summed E-state index contributed by atoms with van der Waals surface area (Å²) in [6.07, 6.45) is 2.09. The number of rotatable bonds is 5. The van der Waals surface area contributed by atoms with Crippen LogP contribution in [0.2, 0.25) is 0 Å². The largest absolute Gasteiger partial charge is 0.494 e. The maximum Gasteiger partial charge on any atom is 0.228 e. The molecule has 3 nitrogen and oxygen atoms in total. The molecule has 1 amide bonds. The zero-order chi connectivity index (χ0) is 15.2. The van der Waals surface area contributed by atoms with Crippen molar-refractivity contribution >= 4 is 23.4 Å². The number of amides is 1. The van der Waals surface area contributed by atoms with E-state index >= 15 is 0 Å². The molecule has 2 rings (SSSR count). The Bertz CT molecular complexity index is 646. The van der Waals surface area contributed by atoms with Crippen molar-refractivity contribution in [3.63, 3.8) is 0 Å². The highest BCUT2D eigenvalue weighted by Gasteiger charge is 2.08. The predicted molar refractivity (Wildman–Crippen MR) is 83.5 cm³/mol. The first-order valence-corrected chi connectivity index (χ1v) is 7.61. The fraction of sp³-hybridized carbons (Fsp3) is 0.188. The van der Waals surface area contributed by atoms with Gasteiger partial charge in [0, 0.05) is 10.6 Å². The zero-order valence-electron chi connectivity index (χ0n) is 11.9. The van der Waals surface area contributed by atoms with Gasteiger partial charge in [-0.3, -0.25) is 4.79 Å². The van der Waals surface area contributed by atoms with E-state index in [1.54, 1.807) is 17.8 Å². The number of halogens is 1. The van der Waals surface area contributed by atoms with Gasteiger partial charge in [0.25, 0.3) is 0 Å². The normalized spacial score (nSPS) is 10.2. The second-order valence-corrected chi connectivity index (χ2v) is 5.31. The quantitative estimate of drug-likeness (QED) is 0.855. The summed E-state index contributed by atoms with van der Waals surface area (Å²) in [6.45, 7) is 0. The third-order valence-corrected chi connectivity index (χ3v) is 3.66. The monoisotopic (exact) mass is 305 g/mol. The van der Waals surface area contributed by atoms with Gasteiger partial charge >= 0.3 is 0 Å². The average Bonchev–Trinajstić information content (AvgIpc) is 2.47. The first kappa shape index (κ1) is 15.4. The summed E-state index contributed by atoms with van der Waals surface area (Å²) in [5.74, 6) is -0.475. The molecule has 0 spiro atoms. The van der Waals surface area contributed by atoms with Crippen molar-refractivity contribution in [1.29, 1.82) is 0 Å². The molecule has 0 aliphatic rings. The third-order valence-electron chi connectivity index (χ3n) is 2.93. The minimum absolute atomic E-state index is 0.115. The van der Waals surface area contributed by atoms with Crippen molar-refractivity contribution in [2.45, 2.75) is 11.3 Å². The van der Waals surface area contributed by atoms with Gasteiger partial charge in [0.1, 0.15) is 0 Å². The molecule has 2 aromatic carbocycles. The highest BCUT2D eigenvalue weighted by atomic mass is 32.2. The third kappa shape index (κ3) is 4.23. The molecule has 110 valence electrons. The first-order chi connectivity index (χ1) is 10.1. The minimum Gasteiger partial charge on any atom is -0.494 e. The van der Waals surface area contributed by atoms with Crippen LogP contribution in [0.25, 0.3) is 0 Å². The maximum absolute atomic E-state index is 13.6. The Morgan fingerprint density at radius 2 is 2.10 bits per heavy atom. The van der Waals surface area contributed by atoms with Crippen LogP contribution in [0.1, 0.15) is 5.56 Å². The van der Waals surface area contributed by atoms with Crippen molar-refractivity contribution in [1.82, 2.24) is 0 Å². The van der Waals surface area contributed by atoms with E-state index < -0.39 is 5.82 Å². The summed E-state index contributed by atoms with van der Waals surface area (Å²) in [5.41, 5.74) is 1.34. The van der Waals surface area contributed by atoms with Crippen molar-refractivity contribution < 1.29 is 13.9 Å². The molecule has 0 aliphatic carbocycles. The second kappa shape index (κ2) is 7.13. The zero-order valence-corrected chi connectivity index (χ0v) is 12.7. The topological polar surface area (TPSA) is 38.3 Å². The molecule has 0 saturated heterocycles. The lowest BCUT2D eigenvalue weighted by Crippen LogP contribution is -2.14. The van der Waals surface area contributed by atoms with E-state index in [1.807, 2.05) is 30.5 Å². The van der Waals surface area contributed by atoms with E-state index in [9.17, 15) is 9.18 Å². The molecule has 0 unspecified atom stereocenters. The van der Waals surface area contributed by atoms with E-state index in [-0.39, 0.29) is 18.1 Å². The fourth-order valence-electron chi connectivity index (χ4n) is 1.91. The van der Waals surface area contributed by atoms with Crippen molar-refractivity contribution in [3.05, 3.63) is 53.8 Å². The standard InChI is InChI=1S/C16H16FNO2S/c1-20-15-7-6-11(8-14(15)17)9-16(19)18-12-4-3-5-13(10-12)21-2/h3-8,10H,9H2,1-2H3,(H,18,19). The number of thioether (sulfide) groups is 1. The summed E-state index contributed by atoms with van der Waals surface area (Å²) in [4.78, 5) is 13.0. The Morgan fingerprint density at radius 3 is 2.76 bits per heavy atom. The number of benzene rings is 2. The summed E-state index contributed by atoms with van der Waals surface area (Å²) in [5, 5.41) is 2.81. The van der Waals surface area contributed by atoms with Crippen LogP contribution in [0, 0.1) is 5.82 Å². The van der Waals surface area contributed by atoms with Crippen LogP contribution in [0.15, 0.2) is 47.4 Å². The Hall–Kier alpha value is -2.01. The molecular weight excluding hydrogens is 289 g/mol. The van der Waals surface area contributed by atoms with Crippen LogP contribution in [-0.2, 0) is 11.2 Å². The van der Waals surface area contributed by atoms with Crippen molar-refractivity contribution in [2.75, 3.05) is 18.7 Å².